The molecule has 0 amide bonds. The van der Waals surface area contributed by atoms with Crippen molar-refractivity contribution in [2.45, 2.75) is 88.6 Å². The standard InChI is InChI=1S/C14H27P/c1-3-12(2)15(13-8-4-5-9-13)14-10-6-7-11-14/h12-14H,3-11H2,1-2H3. The zero-order valence-corrected chi connectivity index (χ0v) is 11.4. The first-order valence-corrected chi connectivity index (χ1v) is 8.65. The summed E-state index contributed by atoms with van der Waals surface area (Å²) in [4.78, 5) is 0. The van der Waals surface area contributed by atoms with Crippen molar-refractivity contribution in [3.05, 3.63) is 0 Å². The predicted octanol–water partition coefficient (Wildman–Crippen LogP) is 5.15. The van der Waals surface area contributed by atoms with Crippen molar-refractivity contribution in [2.24, 2.45) is 0 Å². The third-order valence-electron chi connectivity index (χ3n) is 4.59. The molecule has 1 atom stereocenters. The van der Waals surface area contributed by atoms with Crippen LogP contribution >= 0.6 is 7.92 Å². The van der Waals surface area contributed by atoms with Crippen LogP contribution in [0.15, 0.2) is 0 Å². The molecular formula is C14H27P. The minimum absolute atomic E-state index is 0.376. The molecule has 0 spiro atoms. The molecule has 1 heteroatoms. The van der Waals surface area contributed by atoms with Crippen LogP contribution in [0.5, 0.6) is 0 Å². The maximum atomic E-state index is 2.54. The van der Waals surface area contributed by atoms with Crippen LogP contribution in [0.2, 0.25) is 0 Å². The van der Waals surface area contributed by atoms with Gasteiger partial charge >= 0.3 is 0 Å². The molecule has 0 nitrogen and oxygen atoms in total. The molecule has 0 aromatic heterocycles. The molecule has 0 aromatic carbocycles. The summed E-state index contributed by atoms with van der Waals surface area (Å²) in [6.45, 7) is 4.95. The van der Waals surface area contributed by atoms with E-state index in [1.165, 1.54) is 32.1 Å². The van der Waals surface area contributed by atoms with Gasteiger partial charge in [-0.05, 0) is 49.1 Å². The van der Waals surface area contributed by atoms with Gasteiger partial charge in [0.15, 0.2) is 0 Å². The number of rotatable bonds is 4. The Morgan fingerprint density at radius 1 is 0.933 bits per heavy atom. The summed E-state index contributed by atoms with van der Waals surface area (Å²) in [6.07, 6.45) is 13.9. The van der Waals surface area contributed by atoms with Crippen LogP contribution in [0.25, 0.3) is 0 Å². The van der Waals surface area contributed by atoms with Crippen LogP contribution in [0.3, 0.4) is 0 Å². The highest BCUT2D eigenvalue weighted by Crippen LogP contribution is 2.60. The second-order valence-corrected chi connectivity index (χ2v) is 8.82. The van der Waals surface area contributed by atoms with Crippen LogP contribution in [-0.4, -0.2) is 17.0 Å². The molecule has 0 N–H and O–H groups in total. The lowest BCUT2D eigenvalue weighted by molar-refractivity contribution is 0.778. The minimum atomic E-state index is 0.376. The molecule has 0 heterocycles. The molecule has 2 rings (SSSR count). The van der Waals surface area contributed by atoms with E-state index in [9.17, 15) is 0 Å². The highest BCUT2D eigenvalue weighted by molar-refractivity contribution is 7.59. The first kappa shape index (κ1) is 11.9. The fourth-order valence-corrected chi connectivity index (χ4v) is 8.01. The zero-order valence-electron chi connectivity index (χ0n) is 10.5. The maximum absolute atomic E-state index is 2.54. The van der Waals surface area contributed by atoms with Crippen molar-refractivity contribution in [3.63, 3.8) is 0 Å². The molecular weight excluding hydrogens is 199 g/mol. The molecule has 0 saturated heterocycles. The number of hydrogen-bond donors (Lipinski definition) is 0. The SMILES string of the molecule is CCC(C)P(C1CCCC1)C1CCCC1. The van der Waals surface area contributed by atoms with Crippen molar-refractivity contribution < 1.29 is 0 Å². The summed E-state index contributed by atoms with van der Waals surface area (Å²) in [5, 5.41) is 0. The predicted molar refractivity (Wildman–Crippen MR) is 71.2 cm³/mol. The van der Waals surface area contributed by atoms with E-state index in [-0.39, 0.29) is 0 Å². The smallest absolute Gasteiger partial charge is 0.0204 e. The van der Waals surface area contributed by atoms with Crippen LogP contribution < -0.4 is 0 Å². The van der Waals surface area contributed by atoms with E-state index in [2.05, 4.69) is 13.8 Å². The molecule has 1 unspecified atom stereocenters. The Kier molecular flexibility index (Phi) is 4.50. The highest BCUT2D eigenvalue weighted by Gasteiger charge is 2.34. The second-order valence-electron chi connectivity index (χ2n) is 5.58. The Bertz CT molecular complexity index is 162. The van der Waals surface area contributed by atoms with Crippen LogP contribution in [0.1, 0.15) is 71.6 Å². The molecule has 2 aliphatic rings. The minimum Gasteiger partial charge on any atom is -0.0974 e. The summed E-state index contributed by atoms with van der Waals surface area (Å²) in [6, 6.07) is 0. The first-order valence-electron chi connectivity index (χ1n) is 7.10. The topological polar surface area (TPSA) is 0 Å². The lowest BCUT2D eigenvalue weighted by atomic mass is 10.3. The summed E-state index contributed by atoms with van der Waals surface area (Å²) in [5.74, 6) is 0. The quantitative estimate of drug-likeness (QED) is 0.581. The summed E-state index contributed by atoms with van der Waals surface area (Å²) >= 11 is 0. The van der Waals surface area contributed by atoms with Crippen LogP contribution in [-0.2, 0) is 0 Å². The molecule has 0 aliphatic heterocycles. The van der Waals surface area contributed by atoms with E-state index in [4.69, 9.17) is 0 Å². The Morgan fingerprint density at radius 3 is 1.67 bits per heavy atom. The molecule has 0 radical (unpaired) electrons. The lowest BCUT2D eigenvalue weighted by Crippen LogP contribution is -2.17. The van der Waals surface area contributed by atoms with Crippen molar-refractivity contribution in [1.29, 1.82) is 0 Å². The number of hydrogen-bond acceptors (Lipinski definition) is 0. The van der Waals surface area contributed by atoms with Gasteiger partial charge < -0.3 is 0 Å². The summed E-state index contributed by atoms with van der Waals surface area (Å²) in [7, 11) is 0.376. The molecule has 15 heavy (non-hydrogen) atoms. The zero-order chi connectivity index (χ0) is 10.7. The van der Waals surface area contributed by atoms with E-state index in [0.717, 1.165) is 17.0 Å². The van der Waals surface area contributed by atoms with Crippen molar-refractivity contribution in [1.82, 2.24) is 0 Å². The Morgan fingerprint density at radius 2 is 1.33 bits per heavy atom. The average Bonchev–Trinajstić information content (AvgIpc) is 2.90. The van der Waals surface area contributed by atoms with Gasteiger partial charge in [0, 0.05) is 0 Å². The van der Waals surface area contributed by atoms with E-state index in [1.807, 2.05) is 0 Å². The second kappa shape index (κ2) is 5.67. The summed E-state index contributed by atoms with van der Waals surface area (Å²) in [5.41, 5.74) is 3.38. The Hall–Kier alpha value is 0.430. The van der Waals surface area contributed by atoms with Gasteiger partial charge in [0.25, 0.3) is 0 Å². The highest BCUT2D eigenvalue weighted by atomic mass is 31.1. The maximum Gasteiger partial charge on any atom is -0.0204 e. The fourth-order valence-electron chi connectivity index (χ4n) is 3.63. The molecule has 2 aliphatic carbocycles. The lowest BCUT2D eigenvalue weighted by Gasteiger charge is -2.35. The first-order chi connectivity index (χ1) is 7.33. The largest absolute Gasteiger partial charge is 0.0974 e. The van der Waals surface area contributed by atoms with Crippen molar-refractivity contribution in [3.8, 4) is 0 Å². The Labute approximate surface area is 97.0 Å². The van der Waals surface area contributed by atoms with Crippen LogP contribution in [0.4, 0.5) is 0 Å². The van der Waals surface area contributed by atoms with Gasteiger partial charge in [0.1, 0.15) is 0 Å². The fraction of sp³-hybridized carbons (Fsp3) is 1.00. The summed E-state index contributed by atoms with van der Waals surface area (Å²) < 4.78 is 0. The molecule has 2 fully saturated rings. The van der Waals surface area contributed by atoms with Gasteiger partial charge in [-0.25, -0.2) is 0 Å². The third-order valence-corrected chi connectivity index (χ3v) is 8.69. The monoisotopic (exact) mass is 226 g/mol. The van der Waals surface area contributed by atoms with Gasteiger partial charge in [-0.1, -0.05) is 47.5 Å². The molecule has 2 saturated carbocycles. The van der Waals surface area contributed by atoms with Gasteiger partial charge in [0.05, 0.1) is 0 Å². The average molecular weight is 226 g/mol. The van der Waals surface area contributed by atoms with E-state index < -0.39 is 0 Å². The normalized spacial score (nSPS) is 26.6. The molecule has 0 aromatic rings. The molecule has 88 valence electrons. The van der Waals surface area contributed by atoms with E-state index in [0.29, 0.717) is 7.92 Å². The third kappa shape index (κ3) is 2.76. The van der Waals surface area contributed by atoms with Gasteiger partial charge in [-0.3, -0.25) is 0 Å². The van der Waals surface area contributed by atoms with Gasteiger partial charge in [0.2, 0.25) is 0 Å². The molecule has 0 bridgehead atoms. The van der Waals surface area contributed by atoms with Gasteiger partial charge in [-0.15, -0.1) is 0 Å². The van der Waals surface area contributed by atoms with Gasteiger partial charge in [-0.2, -0.15) is 0 Å². The van der Waals surface area contributed by atoms with Crippen molar-refractivity contribution >= 4 is 7.92 Å². The van der Waals surface area contributed by atoms with E-state index in [1.54, 1.807) is 25.7 Å². The van der Waals surface area contributed by atoms with Crippen LogP contribution in [0, 0.1) is 0 Å². The van der Waals surface area contributed by atoms with E-state index >= 15 is 0 Å². The van der Waals surface area contributed by atoms with Crippen molar-refractivity contribution in [2.75, 3.05) is 0 Å². The Balaban J connectivity index is 2.00.